The maximum absolute atomic E-state index is 14.2. The van der Waals surface area contributed by atoms with Gasteiger partial charge in [0.1, 0.15) is 4.90 Å². The van der Waals surface area contributed by atoms with Crippen LogP contribution in [0.4, 0.5) is 35.9 Å². The van der Waals surface area contributed by atoms with Crippen molar-refractivity contribution in [3.05, 3.63) is 138 Å². The molecule has 0 bridgehead atoms. The van der Waals surface area contributed by atoms with Gasteiger partial charge in [0, 0.05) is 103 Å². The Morgan fingerprint density at radius 2 is 1.46 bits per heavy atom. The lowest BCUT2D eigenvalue weighted by atomic mass is 9.96. The molecule has 70 heavy (non-hydrogen) atoms. The number of morpholine rings is 1. The molecule has 1 aromatic heterocycles. The van der Waals surface area contributed by atoms with Gasteiger partial charge in [0.05, 0.1) is 35.1 Å². The molecule has 1 atom stereocenters. The maximum Gasteiger partial charge on any atom is 0.501 e. The number of rotatable bonds is 17. The molecule has 0 aliphatic carbocycles. The zero-order valence-corrected chi connectivity index (χ0v) is 41.5. The third-order valence-corrected chi connectivity index (χ3v) is 16.9. The summed E-state index contributed by atoms with van der Waals surface area (Å²) in [7, 11) is -8.74. The third kappa shape index (κ3) is 11.4. The lowest BCUT2D eigenvalue weighted by Gasteiger charge is -2.37. The fraction of sp³-hybridized carbons (Fsp3) is 0.300. The highest BCUT2D eigenvalue weighted by Gasteiger charge is 2.48. The molecule has 13 nitrogen and oxygen atoms in total. The number of piperazine rings is 1. The van der Waals surface area contributed by atoms with Gasteiger partial charge in [0.25, 0.3) is 19.9 Å². The number of sulfonamides is 1. The Labute approximate surface area is 415 Å². The molecule has 3 N–H and O–H groups in total. The fourth-order valence-corrected chi connectivity index (χ4v) is 12.0. The van der Waals surface area contributed by atoms with Crippen LogP contribution in [0.25, 0.3) is 22.4 Å². The van der Waals surface area contributed by atoms with E-state index in [4.69, 9.17) is 16.3 Å². The summed E-state index contributed by atoms with van der Waals surface area (Å²) in [4.78, 5) is 18.2. The lowest BCUT2D eigenvalue weighted by molar-refractivity contribution is -0.0435. The molecule has 6 aromatic rings. The first-order chi connectivity index (χ1) is 33.4. The van der Waals surface area contributed by atoms with Crippen molar-refractivity contribution in [3.63, 3.8) is 0 Å². The molecule has 0 spiro atoms. The first-order valence-electron chi connectivity index (χ1n) is 22.5. The number of halogens is 4. The second-order valence-corrected chi connectivity index (χ2v) is 22.2. The predicted octanol–water partition coefficient (Wildman–Crippen LogP) is 9.74. The monoisotopic (exact) mass is 1040 g/mol. The number of hydrogen-bond acceptors (Lipinski definition) is 11. The van der Waals surface area contributed by atoms with Crippen LogP contribution >= 0.6 is 23.4 Å². The summed E-state index contributed by atoms with van der Waals surface area (Å²) >= 11 is 7.65. The van der Waals surface area contributed by atoms with Crippen LogP contribution in [0, 0.1) is 6.92 Å². The van der Waals surface area contributed by atoms with Gasteiger partial charge in [-0.15, -0.1) is 11.8 Å². The number of nitrogens with one attached hydrogen (secondary N) is 2. The summed E-state index contributed by atoms with van der Waals surface area (Å²) in [6.07, 6.45) is 0.463. The second-order valence-electron chi connectivity index (χ2n) is 17.0. The summed E-state index contributed by atoms with van der Waals surface area (Å²) in [5, 5.41) is 14.0. The van der Waals surface area contributed by atoms with Gasteiger partial charge in [-0.2, -0.15) is 13.2 Å². The lowest BCUT2D eigenvalue weighted by Crippen LogP contribution is -2.46. The number of benzene rings is 5. The SMILES string of the molecule is Cc1c(C(=O)O)c(-c2cccc(N3CCN(c4ccc(NS(=O)(=O)c5ccc(NC(CCN6CCOCC6)CSc6ccccc6)c(S(=O)(=O)C(F)(F)F)c5)cc4)CC3)c2)c(-c2ccc(Cl)cc2)n1C. The van der Waals surface area contributed by atoms with Crippen molar-refractivity contribution >= 4 is 71.9 Å². The molecule has 20 heteroatoms. The van der Waals surface area contributed by atoms with Crippen molar-refractivity contribution < 1.29 is 44.6 Å². The minimum Gasteiger partial charge on any atom is -0.478 e. The standard InChI is InChI=1S/C50H52ClF3N6O7S3/c1-34-46(49(61)62)47(48(57(34)2)35-11-13-37(51)14-12-35)36-7-6-8-41(31-36)60-25-23-59(24-26-60)40-17-15-38(16-18-40)56-70(65,66)43-19-20-44(45(32-43)69(63,64)50(52,53)54)55-39(21-22-58-27-29-67-30-28-58)33-68-42-9-4-3-5-10-42/h3-20,31-32,39,55-56H,21-30,33H2,1-2H3,(H,61,62). The van der Waals surface area contributed by atoms with E-state index < -0.39 is 47.2 Å². The Morgan fingerprint density at radius 3 is 2.10 bits per heavy atom. The van der Waals surface area contributed by atoms with Gasteiger partial charge in [-0.05, 0) is 103 Å². The van der Waals surface area contributed by atoms with Crippen LogP contribution in [0.3, 0.4) is 0 Å². The number of carboxylic acid groups (broad SMARTS) is 1. The summed E-state index contributed by atoms with van der Waals surface area (Å²) < 4.78 is 106. The van der Waals surface area contributed by atoms with E-state index in [0.29, 0.717) is 93.5 Å². The summed E-state index contributed by atoms with van der Waals surface area (Å²) in [6.45, 7) is 7.30. The molecular weight excluding hydrogens is 985 g/mol. The molecule has 0 amide bonds. The highest BCUT2D eigenvalue weighted by molar-refractivity contribution is 7.99. The molecule has 2 aliphatic heterocycles. The smallest absolute Gasteiger partial charge is 0.478 e. The van der Waals surface area contributed by atoms with Crippen LogP contribution in [-0.4, -0.2) is 114 Å². The highest BCUT2D eigenvalue weighted by Crippen LogP contribution is 2.41. The van der Waals surface area contributed by atoms with Crippen molar-refractivity contribution in [1.82, 2.24) is 9.47 Å². The zero-order chi connectivity index (χ0) is 49.8. The van der Waals surface area contributed by atoms with E-state index in [-0.39, 0.29) is 16.9 Å². The second kappa shape index (κ2) is 21.3. The van der Waals surface area contributed by atoms with Crippen LogP contribution in [0.2, 0.25) is 5.02 Å². The number of anilines is 4. The van der Waals surface area contributed by atoms with Gasteiger partial charge in [0.2, 0.25) is 0 Å². The number of carboxylic acids is 1. The Balaban J connectivity index is 0.961. The molecule has 2 aliphatic rings. The average Bonchev–Trinajstić information content (AvgIpc) is 3.62. The predicted molar refractivity (Wildman–Crippen MR) is 271 cm³/mol. The van der Waals surface area contributed by atoms with Gasteiger partial charge in [-0.3, -0.25) is 9.62 Å². The van der Waals surface area contributed by atoms with Gasteiger partial charge in [-0.25, -0.2) is 21.6 Å². The third-order valence-electron chi connectivity index (χ3n) is 12.6. The van der Waals surface area contributed by atoms with Gasteiger partial charge in [-0.1, -0.05) is 54.1 Å². The molecule has 0 radical (unpaired) electrons. The Bertz CT molecular complexity index is 3040. The quantitative estimate of drug-likeness (QED) is 0.0746. The summed E-state index contributed by atoms with van der Waals surface area (Å²) in [6, 6.07) is 33.3. The van der Waals surface area contributed by atoms with Crippen LogP contribution in [0.1, 0.15) is 22.5 Å². The number of aromatic carboxylic acids is 1. The first-order valence-corrected chi connectivity index (χ1v) is 26.8. The molecule has 2 saturated heterocycles. The molecule has 0 saturated carbocycles. The maximum atomic E-state index is 14.2. The van der Waals surface area contributed by atoms with Crippen LogP contribution < -0.4 is 19.8 Å². The highest BCUT2D eigenvalue weighted by atomic mass is 35.5. The van der Waals surface area contributed by atoms with Crippen molar-refractivity contribution in [1.29, 1.82) is 0 Å². The number of nitrogens with zero attached hydrogens (tertiary/aromatic N) is 4. The normalized spacial score (nSPS) is 15.5. The van der Waals surface area contributed by atoms with Crippen LogP contribution in [0.15, 0.2) is 136 Å². The molecule has 8 rings (SSSR count). The van der Waals surface area contributed by atoms with E-state index in [2.05, 4.69) is 24.7 Å². The van der Waals surface area contributed by atoms with E-state index >= 15 is 0 Å². The van der Waals surface area contributed by atoms with E-state index in [9.17, 15) is 39.9 Å². The Kier molecular flexibility index (Phi) is 15.4. The van der Waals surface area contributed by atoms with Crippen molar-refractivity contribution in [2.45, 2.75) is 39.6 Å². The minimum absolute atomic E-state index is 0.123. The van der Waals surface area contributed by atoms with E-state index in [1.807, 2.05) is 78.3 Å². The molecular formula is C50H52ClF3N6O7S3. The first kappa shape index (κ1) is 50.7. The Hall–Kier alpha value is -5.70. The van der Waals surface area contributed by atoms with E-state index in [1.165, 1.54) is 23.9 Å². The van der Waals surface area contributed by atoms with Gasteiger partial charge in [0.15, 0.2) is 0 Å². The molecule has 2 fully saturated rings. The van der Waals surface area contributed by atoms with Gasteiger partial charge >= 0.3 is 11.5 Å². The average molecular weight is 1040 g/mol. The molecule has 1 unspecified atom stereocenters. The fourth-order valence-electron chi connectivity index (χ4n) is 8.76. The number of sulfone groups is 1. The van der Waals surface area contributed by atoms with Crippen molar-refractivity contribution in [2.75, 3.05) is 84.6 Å². The number of aromatic nitrogens is 1. The number of alkyl halides is 3. The number of hydrogen-bond donors (Lipinski definition) is 3. The number of thioether (sulfide) groups is 1. The zero-order valence-electron chi connectivity index (χ0n) is 38.3. The van der Waals surface area contributed by atoms with Gasteiger partial charge < -0.3 is 29.5 Å². The number of carbonyl (C=O) groups is 1. The van der Waals surface area contributed by atoms with Crippen molar-refractivity contribution in [3.8, 4) is 22.4 Å². The molecule has 5 aromatic carbocycles. The topological polar surface area (TPSA) is 154 Å². The van der Waals surface area contributed by atoms with Crippen LogP contribution in [0.5, 0.6) is 0 Å². The van der Waals surface area contributed by atoms with Crippen LogP contribution in [-0.2, 0) is 31.6 Å². The van der Waals surface area contributed by atoms with Crippen molar-refractivity contribution in [2.24, 2.45) is 7.05 Å². The number of ether oxygens (including phenoxy) is 1. The molecule has 3 heterocycles. The largest absolute Gasteiger partial charge is 0.501 e. The molecule has 370 valence electrons. The van der Waals surface area contributed by atoms with E-state index in [1.54, 1.807) is 31.2 Å². The van der Waals surface area contributed by atoms with E-state index in [0.717, 1.165) is 45.2 Å². The Morgan fingerprint density at radius 1 is 0.800 bits per heavy atom. The summed E-state index contributed by atoms with van der Waals surface area (Å²) in [5.41, 5.74) is -0.414. The summed E-state index contributed by atoms with van der Waals surface area (Å²) in [5.74, 6) is -0.637. The minimum atomic E-state index is -6.01.